The molecule has 15 rings (SSSR count). The van der Waals surface area contributed by atoms with Crippen molar-refractivity contribution in [1.82, 2.24) is 29.7 Å². The fourth-order valence-electron chi connectivity index (χ4n) is 18.4. The van der Waals surface area contributed by atoms with Crippen LogP contribution in [0.3, 0.4) is 0 Å². The van der Waals surface area contributed by atoms with Gasteiger partial charge in [0.15, 0.2) is 0 Å². The summed E-state index contributed by atoms with van der Waals surface area (Å²) in [5.74, 6) is 0.765. The highest BCUT2D eigenvalue weighted by molar-refractivity contribution is 5.78. The third-order valence-corrected chi connectivity index (χ3v) is 24.9. The van der Waals surface area contributed by atoms with Gasteiger partial charge in [0.25, 0.3) is 0 Å². The Bertz CT molecular complexity index is 3940. The van der Waals surface area contributed by atoms with Gasteiger partial charge in [-0.3, -0.25) is 29.1 Å². The number of benzene rings is 3. The van der Waals surface area contributed by atoms with Crippen LogP contribution in [0, 0.1) is 10.8 Å². The number of anilines is 3. The molecular formula is C93H129N9O12. The number of nitrogens with zero attached hydrogens (tertiary/aromatic N) is 6. The van der Waals surface area contributed by atoms with Gasteiger partial charge in [0.05, 0.1) is 55.4 Å². The normalized spacial score (nSPS) is 23.9. The van der Waals surface area contributed by atoms with Crippen LogP contribution < -0.4 is 16.0 Å². The first-order chi connectivity index (χ1) is 55.2. The fraction of sp³-hybridized carbons (Fsp3) is 0.613. The molecule has 0 bridgehead atoms. The topological polar surface area (TPSA) is 252 Å². The van der Waals surface area contributed by atoms with Gasteiger partial charge in [0.2, 0.25) is 0 Å². The molecule has 3 unspecified atom stereocenters. The number of unbranched alkanes of at least 4 members (excludes halogenated alkanes) is 3. The van der Waals surface area contributed by atoms with Crippen molar-refractivity contribution < 1.29 is 58.1 Å². The second-order valence-electron chi connectivity index (χ2n) is 35.6. The fourth-order valence-corrected chi connectivity index (χ4v) is 18.4. The molecule has 6 saturated heterocycles. The molecule has 114 heavy (non-hydrogen) atoms. The quantitative estimate of drug-likeness (QED) is 0.0229. The van der Waals surface area contributed by atoms with E-state index in [1.165, 1.54) is 36.0 Å². The van der Waals surface area contributed by atoms with Crippen molar-refractivity contribution in [2.24, 2.45) is 10.8 Å². The van der Waals surface area contributed by atoms with Crippen LogP contribution in [-0.2, 0) is 81.3 Å². The number of ether oxygens (including phenoxy) is 6. The van der Waals surface area contributed by atoms with Crippen LogP contribution in [0.15, 0.2) is 109 Å². The summed E-state index contributed by atoms with van der Waals surface area (Å²) in [6, 6.07) is 34.9. The highest BCUT2D eigenvalue weighted by Crippen LogP contribution is 2.45. The van der Waals surface area contributed by atoms with Crippen LogP contribution in [0.25, 0.3) is 0 Å². The number of aryl methyl sites for hydroxylation is 6. The number of fused-ring (bicyclic) bond motifs is 3. The van der Waals surface area contributed by atoms with Crippen molar-refractivity contribution in [2.45, 2.75) is 262 Å². The van der Waals surface area contributed by atoms with Crippen molar-refractivity contribution in [1.29, 1.82) is 0 Å². The van der Waals surface area contributed by atoms with Gasteiger partial charge in [0.1, 0.15) is 35.6 Å². The predicted octanol–water partition coefficient (Wildman–Crippen LogP) is 16.8. The number of aliphatic carboxylic acids is 3. The lowest BCUT2D eigenvalue weighted by molar-refractivity contribution is -0.144. The Hall–Kier alpha value is -7.44. The molecule has 9 atom stereocenters. The Morgan fingerprint density at radius 2 is 0.772 bits per heavy atom. The van der Waals surface area contributed by atoms with Crippen molar-refractivity contribution in [2.75, 3.05) is 108 Å². The molecule has 12 heterocycles. The third-order valence-electron chi connectivity index (χ3n) is 24.9. The average Bonchev–Trinajstić information content (AvgIpc) is 1.28. The van der Waals surface area contributed by atoms with Crippen molar-refractivity contribution in [3.63, 3.8) is 0 Å². The molecule has 0 spiro atoms. The Morgan fingerprint density at radius 3 is 1.10 bits per heavy atom. The second kappa shape index (κ2) is 40.1. The maximum atomic E-state index is 12.5. The molecule has 0 aliphatic carbocycles. The molecule has 0 saturated carbocycles. The maximum Gasteiger partial charge on any atom is 0.325 e. The minimum absolute atomic E-state index is 0.0453. The van der Waals surface area contributed by atoms with E-state index in [1.807, 2.05) is 66.7 Å². The molecular weight excluding hydrogens is 1440 g/mol. The van der Waals surface area contributed by atoms with E-state index in [9.17, 15) is 29.7 Å². The molecule has 3 aromatic carbocycles. The number of carboxylic acid groups (broad SMARTS) is 3. The smallest absolute Gasteiger partial charge is 0.325 e. The van der Waals surface area contributed by atoms with E-state index in [0.29, 0.717) is 52.7 Å². The molecule has 21 nitrogen and oxygen atoms in total. The number of carbonyl (C=O) groups is 3. The van der Waals surface area contributed by atoms with E-state index in [1.54, 1.807) is 0 Å². The molecule has 618 valence electrons. The number of aromatic nitrogens is 3. The number of pyridine rings is 3. The molecule has 21 heteroatoms. The minimum atomic E-state index is -0.805. The van der Waals surface area contributed by atoms with Gasteiger partial charge < -0.3 is 59.7 Å². The molecule has 0 radical (unpaired) electrons. The summed E-state index contributed by atoms with van der Waals surface area (Å²) < 4.78 is 37.5. The molecule has 9 aliphatic rings. The highest BCUT2D eigenvalue weighted by atomic mass is 16.5. The van der Waals surface area contributed by atoms with Crippen molar-refractivity contribution >= 4 is 35.4 Å². The maximum absolute atomic E-state index is 12.5. The average molecular weight is 1570 g/mol. The van der Waals surface area contributed by atoms with Crippen LogP contribution in [0.5, 0.6) is 0 Å². The summed E-state index contributed by atoms with van der Waals surface area (Å²) in [5, 5.41) is 41.1. The van der Waals surface area contributed by atoms with Gasteiger partial charge in [0, 0.05) is 95.8 Å². The van der Waals surface area contributed by atoms with E-state index in [-0.39, 0.29) is 53.1 Å². The van der Waals surface area contributed by atoms with Gasteiger partial charge in [-0.25, -0.2) is 15.0 Å². The zero-order valence-corrected chi connectivity index (χ0v) is 68.9. The summed E-state index contributed by atoms with van der Waals surface area (Å²) >= 11 is 0. The van der Waals surface area contributed by atoms with Crippen molar-refractivity contribution in [3.05, 3.63) is 176 Å². The number of hydrogen-bond donors (Lipinski definition) is 6. The lowest BCUT2D eigenvalue weighted by atomic mass is 9.82. The Labute approximate surface area is 677 Å². The molecule has 9 aliphatic heterocycles. The minimum Gasteiger partial charge on any atom is -0.480 e. The van der Waals surface area contributed by atoms with E-state index < -0.39 is 36.0 Å². The Morgan fingerprint density at radius 1 is 0.430 bits per heavy atom. The lowest BCUT2D eigenvalue weighted by Gasteiger charge is -2.38. The van der Waals surface area contributed by atoms with Gasteiger partial charge in [-0.05, 0) is 253 Å². The SMILES string of the molecule is CC1(C)CCC(c2ccccc2[C@@H](C(=O)O)N2CC[C@@H](OCCCCc3ccc4c(n3)NCCC4)C2)OC1.CC1(C)CCC(c2ccccc2[C@H](C(=O)O)N2CC[C@@H](OCCCCc3ccc4c(n3)NCCC4)C2)OC1.CC1(C)CCCC(c2ccccc2[C@H](C(=O)O)N2CC[C@@H](OCCCCc3ccc4c(n3)NCCC4)C2)O1. The van der Waals surface area contributed by atoms with E-state index in [4.69, 9.17) is 43.4 Å². The lowest BCUT2D eigenvalue weighted by Crippen LogP contribution is -2.36. The molecule has 6 fully saturated rings. The van der Waals surface area contributed by atoms with Gasteiger partial charge in [-0.1, -0.05) is 119 Å². The highest BCUT2D eigenvalue weighted by Gasteiger charge is 2.42. The number of likely N-dealkylation sites (tertiary alicyclic amines) is 3. The second-order valence-corrected chi connectivity index (χ2v) is 35.6. The zero-order chi connectivity index (χ0) is 79.6. The first kappa shape index (κ1) is 84.5. The molecule has 6 N–H and O–H groups in total. The monoisotopic (exact) mass is 1560 g/mol. The molecule has 6 aromatic rings. The van der Waals surface area contributed by atoms with Gasteiger partial charge in [-0.2, -0.15) is 0 Å². The Kier molecular flexibility index (Phi) is 29.7. The van der Waals surface area contributed by atoms with Gasteiger partial charge in [-0.15, -0.1) is 0 Å². The summed E-state index contributed by atoms with van der Waals surface area (Å²) in [6.07, 6.45) is 25.4. The summed E-state index contributed by atoms with van der Waals surface area (Å²) in [5.41, 5.74) is 13.2. The molecule has 3 aromatic heterocycles. The predicted molar refractivity (Wildman–Crippen MR) is 445 cm³/mol. The molecule has 0 amide bonds. The summed E-state index contributed by atoms with van der Waals surface area (Å²) in [7, 11) is 0. The first-order valence-electron chi connectivity index (χ1n) is 43.3. The van der Waals surface area contributed by atoms with Crippen LogP contribution >= 0.6 is 0 Å². The van der Waals surface area contributed by atoms with E-state index in [2.05, 4.69) is 115 Å². The number of nitrogens with one attached hydrogen (secondary N) is 3. The standard InChI is InChI=1S/3C31H43N3O4/c1-31(2)17-7-13-27(38-31)25-11-3-4-12-26(25)28(30(35)36)34-19-16-24(21-34)37-20-6-5-10-23-15-14-22-9-8-18-32-29(22)33-23;2*1-31(2)16-14-27(38-21-31)25-10-3-4-11-26(25)28(30(35)36)34-18-15-24(20-34)37-19-6-5-9-23-13-12-22-8-7-17-32-29(22)33-23/h3-4,11-12,14-15,24,27-28H,5-10,13,16-21H2,1-2H3,(H,32,33)(H,35,36);2*3-4,10-13,24,27-28H,5-9,14-21H2,1-2H3,(H,32,33)(H,35,36)/t24-,27?,28-;24-,27?,28+;24-,27?,28-/m111/s1. The zero-order valence-electron chi connectivity index (χ0n) is 68.9. The van der Waals surface area contributed by atoms with E-state index >= 15 is 0 Å². The van der Waals surface area contributed by atoms with E-state index in [0.717, 1.165) is 248 Å². The van der Waals surface area contributed by atoms with Gasteiger partial charge >= 0.3 is 17.9 Å². The third kappa shape index (κ3) is 23.1. The first-order valence-corrected chi connectivity index (χ1v) is 43.3. The van der Waals surface area contributed by atoms with Crippen LogP contribution in [-0.4, -0.2) is 179 Å². The number of rotatable bonds is 30. The summed E-state index contributed by atoms with van der Waals surface area (Å²) in [6.45, 7) is 23.7. The largest absolute Gasteiger partial charge is 0.480 e. The number of carboxylic acids is 3. The number of hydrogen-bond acceptors (Lipinski definition) is 18. The van der Waals surface area contributed by atoms with Crippen molar-refractivity contribution in [3.8, 4) is 0 Å². The van der Waals surface area contributed by atoms with Crippen LogP contribution in [0.4, 0.5) is 17.5 Å². The van der Waals surface area contributed by atoms with Crippen LogP contribution in [0.1, 0.15) is 267 Å². The summed E-state index contributed by atoms with van der Waals surface area (Å²) in [4.78, 5) is 58.2. The van der Waals surface area contributed by atoms with Crippen LogP contribution in [0.2, 0.25) is 0 Å². The Balaban J connectivity index is 0.000000149.